The van der Waals surface area contributed by atoms with Crippen LogP contribution in [0.15, 0.2) is 18.2 Å². The smallest absolute Gasteiger partial charge is 0.220 e. The first kappa shape index (κ1) is 15.3. The molecule has 100 valence electrons. The highest BCUT2D eigenvalue weighted by atomic mass is 35.5. The van der Waals surface area contributed by atoms with Gasteiger partial charge < -0.3 is 10.4 Å². The zero-order chi connectivity index (χ0) is 13.5. The highest BCUT2D eigenvalue weighted by Gasteiger charge is 2.10. The Balaban J connectivity index is 2.47. The number of hydrogen-bond acceptors (Lipinski definition) is 2. The third kappa shape index (κ3) is 4.84. The van der Waals surface area contributed by atoms with Crippen LogP contribution >= 0.6 is 23.2 Å². The number of halogens is 2. The van der Waals surface area contributed by atoms with Gasteiger partial charge in [-0.3, -0.25) is 4.79 Å². The normalized spacial score (nSPS) is 12.2. The van der Waals surface area contributed by atoms with Crippen molar-refractivity contribution >= 4 is 29.1 Å². The van der Waals surface area contributed by atoms with E-state index in [0.717, 1.165) is 5.56 Å². The minimum atomic E-state index is -0.168. The number of aliphatic hydroxyl groups is 1. The molecule has 0 aromatic heterocycles. The second-order valence-electron chi connectivity index (χ2n) is 4.09. The van der Waals surface area contributed by atoms with Gasteiger partial charge in [-0.05, 0) is 30.5 Å². The van der Waals surface area contributed by atoms with Crippen molar-refractivity contribution in [3.8, 4) is 0 Å². The molecule has 2 N–H and O–H groups in total. The summed E-state index contributed by atoms with van der Waals surface area (Å²) in [5, 5.41) is 12.9. The van der Waals surface area contributed by atoms with Crippen LogP contribution in [0.4, 0.5) is 0 Å². The van der Waals surface area contributed by atoms with Crippen molar-refractivity contribution in [2.75, 3.05) is 6.61 Å². The first-order chi connectivity index (χ1) is 8.56. The van der Waals surface area contributed by atoms with E-state index in [9.17, 15) is 4.79 Å². The van der Waals surface area contributed by atoms with E-state index in [1.54, 1.807) is 12.1 Å². The highest BCUT2D eigenvalue weighted by Crippen LogP contribution is 2.21. The van der Waals surface area contributed by atoms with Crippen LogP contribution in [-0.2, 0) is 11.2 Å². The molecule has 0 aliphatic carbocycles. The van der Waals surface area contributed by atoms with E-state index in [2.05, 4.69) is 5.32 Å². The Morgan fingerprint density at radius 1 is 1.44 bits per heavy atom. The van der Waals surface area contributed by atoms with E-state index >= 15 is 0 Å². The summed E-state index contributed by atoms with van der Waals surface area (Å²) in [6.45, 7) is 1.88. The maximum absolute atomic E-state index is 11.6. The quantitative estimate of drug-likeness (QED) is 0.846. The minimum absolute atomic E-state index is 0.0378. The van der Waals surface area contributed by atoms with Gasteiger partial charge in [-0.1, -0.05) is 36.2 Å². The molecule has 0 aliphatic heterocycles. The summed E-state index contributed by atoms with van der Waals surface area (Å²) in [5.41, 5.74) is 0.897. The van der Waals surface area contributed by atoms with Crippen LogP contribution in [0.2, 0.25) is 10.0 Å². The van der Waals surface area contributed by atoms with Crippen LogP contribution in [0.25, 0.3) is 0 Å². The molecule has 0 saturated carbocycles. The van der Waals surface area contributed by atoms with Crippen LogP contribution < -0.4 is 5.32 Å². The second kappa shape index (κ2) is 7.62. The molecule has 3 nitrogen and oxygen atoms in total. The zero-order valence-electron chi connectivity index (χ0n) is 10.2. The van der Waals surface area contributed by atoms with E-state index in [1.807, 2.05) is 13.0 Å². The van der Waals surface area contributed by atoms with E-state index in [4.69, 9.17) is 28.3 Å². The van der Waals surface area contributed by atoms with Crippen LogP contribution in [0.3, 0.4) is 0 Å². The molecule has 0 bridgehead atoms. The number of nitrogens with one attached hydrogen (secondary N) is 1. The standard InChI is InChI=1S/C13H17Cl2NO2/c1-2-11(8-17)16-13(18)6-4-9-3-5-10(14)7-12(9)15/h3,5,7,11,17H,2,4,6,8H2,1H3,(H,16,18)/t11-/m1/s1. The number of aryl methyl sites for hydroxylation is 1. The molecule has 0 spiro atoms. The number of carbonyl (C=O) groups excluding carboxylic acids is 1. The average Bonchev–Trinajstić information content (AvgIpc) is 2.35. The molecule has 1 atom stereocenters. The fourth-order valence-corrected chi connectivity index (χ4v) is 2.05. The first-order valence-corrected chi connectivity index (χ1v) is 6.66. The Bertz CT molecular complexity index is 406. The van der Waals surface area contributed by atoms with Crippen LogP contribution in [0, 0.1) is 0 Å². The number of rotatable bonds is 6. The van der Waals surface area contributed by atoms with Gasteiger partial charge in [0, 0.05) is 16.5 Å². The lowest BCUT2D eigenvalue weighted by atomic mass is 10.1. The Morgan fingerprint density at radius 3 is 2.72 bits per heavy atom. The molecule has 5 heteroatoms. The molecule has 1 rings (SSSR count). The number of benzene rings is 1. The SMILES string of the molecule is CC[C@H](CO)NC(=O)CCc1ccc(Cl)cc1Cl. The van der Waals surface area contributed by atoms with Gasteiger partial charge in [-0.15, -0.1) is 0 Å². The molecule has 1 aromatic rings. The van der Waals surface area contributed by atoms with E-state index in [1.165, 1.54) is 0 Å². The molecule has 0 unspecified atom stereocenters. The Hall–Kier alpha value is -0.770. The topological polar surface area (TPSA) is 49.3 Å². The molecule has 0 heterocycles. The lowest BCUT2D eigenvalue weighted by Gasteiger charge is -2.14. The van der Waals surface area contributed by atoms with Crippen LogP contribution in [0.1, 0.15) is 25.3 Å². The van der Waals surface area contributed by atoms with Crippen LogP contribution in [-0.4, -0.2) is 23.7 Å². The maximum atomic E-state index is 11.6. The van der Waals surface area contributed by atoms with Crippen molar-refractivity contribution in [2.45, 2.75) is 32.2 Å². The monoisotopic (exact) mass is 289 g/mol. The summed E-state index contributed by atoms with van der Waals surface area (Å²) in [6.07, 6.45) is 1.62. The number of aliphatic hydroxyl groups excluding tert-OH is 1. The highest BCUT2D eigenvalue weighted by molar-refractivity contribution is 6.35. The zero-order valence-corrected chi connectivity index (χ0v) is 11.8. The molecule has 1 aromatic carbocycles. The summed E-state index contributed by atoms with van der Waals surface area (Å²) in [6, 6.07) is 5.07. The van der Waals surface area contributed by atoms with Gasteiger partial charge in [0.1, 0.15) is 0 Å². The van der Waals surface area contributed by atoms with Crippen molar-refractivity contribution < 1.29 is 9.90 Å². The van der Waals surface area contributed by atoms with Crippen molar-refractivity contribution in [3.63, 3.8) is 0 Å². The second-order valence-corrected chi connectivity index (χ2v) is 4.93. The van der Waals surface area contributed by atoms with E-state index in [-0.39, 0.29) is 18.6 Å². The summed E-state index contributed by atoms with van der Waals surface area (Å²) in [5.74, 6) is -0.0816. The fourth-order valence-electron chi connectivity index (χ4n) is 1.55. The first-order valence-electron chi connectivity index (χ1n) is 5.91. The van der Waals surface area contributed by atoms with Gasteiger partial charge in [-0.25, -0.2) is 0 Å². The van der Waals surface area contributed by atoms with Gasteiger partial charge in [0.15, 0.2) is 0 Å². The number of amides is 1. The lowest BCUT2D eigenvalue weighted by Crippen LogP contribution is -2.37. The van der Waals surface area contributed by atoms with Gasteiger partial charge in [-0.2, -0.15) is 0 Å². The van der Waals surface area contributed by atoms with Crippen molar-refractivity contribution in [2.24, 2.45) is 0 Å². The molecule has 18 heavy (non-hydrogen) atoms. The summed E-state index contributed by atoms with van der Waals surface area (Å²) in [4.78, 5) is 11.6. The molecular weight excluding hydrogens is 273 g/mol. The molecule has 0 aliphatic rings. The Labute approximate surface area is 117 Å². The third-order valence-corrected chi connectivity index (χ3v) is 3.30. The molecule has 0 fully saturated rings. The molecule has 0 radical (unpaired) electrons. The number of carbonyl (C=O) groups is 1. The summed E-state index contributed by atoms with van der Waals surface area (Å²) < 4.78 is 0. The van der Waals surface area contributed by atoms with Crippen LogP contribution in [0.5, 0.6) is 0 Å². The maximum Gasteiger partial charge on any atom is 0.220 e. The van der Waals surface area contributed by atoms with Gasteiger partial charge in [0.2, 0.25) is 5.91 Å². The predicted molar refractivity (Wildman–Crippen MR) is 74.1 cm³/mol. The molecule has 1 amide bonds. The molecular formula is C13H17Cl2NO2. The lowest BCUT2D eigenvalue weighted by molar-refractivity contribution is -0.122. The van der Waals surface area contributed by atoms with E-state index < -0.39 is 0 Å². The third-order valence-electron chi connectivity index (χ3n) is 2.71. The van der Waals surface area contributed by atoms with E-state index in [0.29, 0.717) is 29.3 Å². The Morgan fingerprint density at radius 2 is 2.17 bits per heavy atom. The van der Waals surface area contributed by atoms with Gasteiger partial charge in [0.25, 0.3) is 0 Å². The van der Waals surface area contributed by atoms with Crippen molar-refractivity contribution in [1.82, 2.24) is 5.32 Å². The summed E-state index contributed by atoms with van der Waals surface area (Å²) in [7, 11) is 0. The largest absolute Gasteiger partial charge is 0.394 e. The van der Waals surface area contributed by atoms with Gasteiger partial charge >= 0.3 is 0 Å². The Kier molecular flexibility index (Phi) is 6.47. The molecule has 0 saturated heterocycles. The van der Waals surface area contributed by atoms with Crippen molar-refractivity contribution in [3.05, 3.63) is 33.8 Å². The van der Waals surface area contributed by atoms with Gasteiger partial charge in [0.05, 0.1) is 12.6 Å². The summed E-state index contributed by atoms with van der Waals surface area (Å²) >= 11 is 11.8. The van der Waals surface area contributed by atoms with Crippen molar-refractivity contribution in [1.29, 1.82) is 0 Å². The fraction of sp³-hybridized carbons (Fsp3) is 0.462. The average molecular weight is 290 g/mol. The predicted octanol–water partition coefficient (Wildman–Crippen LogP) is 2.81. The minimum Gasteiger partial charge on any atom is -0.394 e. The number of hydrogen-bond donors (Lipinski definition) is 2.